The predicted octanol–water partition coefficient (Wildman–Crippen LogP) is 5.88. The molecule has 9 nitrogen and oxygen atoms in total. The number of aryl methyl sites for hydroxylation is 1. The first-order valence-corrected chi connectivity index (χ1v) is 11.0. The maximum Gasteiger partial charge on any atom is 0.292 e. The molecule has 11 heteroatoms. The fourth-order valence-corrected chi connectivity index (χ4v) is 4.51. The lowest BCUT2D eigenvalue weighted by molar-refractivity contribution is -0.384. The zero-order chi connectivity index (χ0) is 25.4. The third-order valence-corrected chi connectivity index (χ3v) is 6.40. The Morgan fingerprint density at radius 3 is 2.34 bits per heavy atom. The van der Waals surface area contributed by atoms with Crippen molar-refractivity contribution in [3.8, 4) is 22.8 Å². The van der Waals surface area contributed by atoms with Crippen LogP contribution in [0.3, 0.4) is 0 Å². The standard InChI is InChI=1S/C24H20Cl2N4O5/c1-12-6-5-7-15(30(32)33)23(12)28-19-9-14-13(11-27-19)8-16(29(2)24(14)31)20-21(25)17(34-3)10-18(35-4)22(20)26/h5-11H,1-4H3,(H,27,28). The van der Waals surface area contributed by atoms with Gasteiger partial charge in [-0.2, -0.15) is 0 Å². The number of anilines is 2. The molecule has 180 valence electrons. The summed E-state index contributed by atoms with van der Waals surface area (Å²) < 4.78 is 12.1. The molecular weight excluding hydrogens is 495 g/mol. The SMILES string of the molecule is COc1cc(OC)c(Cl)c(-c2cc3cnc(Nc4c(C)cccc4[N+](=O)[O-])cc3c(=O)n2C)c1Cl. The van der Waals surface area contributed by atoms with E-state index in [0.29, 0.717) is 50.6 Å². The summed E-state index contributed by atoms with van der Waals surface area (Å²) in [6.07, 6.45) is 1.51. The molecule has 0 unspecified atom stereocenters. The summed E-state index contributed by atoms with van der Waals surface area (Å²) in [5.41, 5.74) is 1.36. The Kier molecular flexibility index (Phi) is 6.56. The number of pyridine rings is 2. The average molecular weight is 515 g/mol. The highest BCUT2D eigenvalue weighted by molar-refractivity contribution is 6.41. The highest BCUT2D eigenvalue weighted by Gasteiger charge is 2.22. The van der Waals surface area contributed by atoms with Gasteiger partial charge in [-0.15, -0.1) is 0 Å². The maximum atomic E-state index is 13.4. The smallest absolute Gasteiger partial charge is 0.292 e. The van der Waals surface area contributed by atoms with Gasteiger partial charge in [0.1, 0.15) is 23.0 Å². The van der Waals surface area contributed by atoms with Gasteiger partial charge in [0.2, 0.25) is 0 Å². The zero-order valence-corrected chi connectivity index (χ0v) is 20.7. The average Bonchev–Trinajstić information content (AvgIpc) is 2.83. The van der Waals surface area contributed by atoms with Crippen LogP contribution in [0, 0.1) is 17.0 Å². The van der Waals surface area contributed by atoms with E-state index in [1.54, 1.807) is 44.3 Å². The number of ether oxygens (including phenoxy) is 2. The van der Waals surface area contributed by atoms with Crippen LogP contribution in [0.15, 0.2) is 47.4 Å². The first-order valence-electron chi connectivity index (χ1n) is 10.3. The molecule has 1 N–H and O–H groups in total. The highest BCUT2D eigenvalue weighted by atomic mass is 35.5. The lowest BCUT2D eigenvalue weighted by atomic mass is 10.1. The lowest BCUT2D eigenvalue weighted by Crippen LogP contribution is -2.19. The van der Waals surface area contributed by atoms with Crippen LogP contribution in [0.5, 0.6) is 11.5 Å². The van der Waals surface area contributed by atoms with Gasteiger partial charge in [0.15, 0.2) is 0 Å². The van der Waals surface area contributed by atoms with E-state index in [1.807, 2.05) is 0 Å². The van der Waals surface area contributed by atoms with Crippen LogP contribution in [0.25, 0.3) is 22.0 Å². The second kappa shape index (κ2) is 9.44. The number of fused-ring (bicyclic) bond motifs is 1. The Morgan fingerprint density at radius 2 is 1.74 bits per heavy atom. The lowest BCUT2D eigenvalue weighted by Gasteiger charge is -2.17. The van der Waals surface area contributed by atoms with Crippen LogP contribution in [0.2, 0.25) is 10.0 Å². The molecule has 0 amide bonds. The molecule has 0 fully saturated rings. The van der Waals surface area contributed by atoms with Gasteiger partial charge < -0.3 is 19.4 Å². The largest absolute Gasteiger partial charge is 0.495 e. The van der Waals surface area contributed by atoms with E-state index in [0.717, 1.165) is 0 Å². The minimum atomic E-state index is -0.475. The van der Waals surface area contributed by atoms with E-state index in [2.05, 4.69) is 10.3 Å². The Bertz CT molecular complexity index is 1520. The number of halogens is 2. The third-order valence-electron chi connectivity index (χ3n) is 5.65. The number of hydrogen-bond acceptors (Lipinski definition) is 7. The van der Waals surface area contributed by atoms with E-state index in [1.165, 1.54) is 31.0 Å². The van der Waals surface area contributed by atoms with Crippen molar-refractivity contribution in [1.29, 1.82) is 0 Å². The Morgan fingerprint density at radius 1 is 1.09 bits per heavy atom. The molecule has 0 aliphatic carbocycles. The van der Waals surface area contributed by atoms with E-state index >= 15 is 0 Å². The monoisotopic (exact) mass is 514 g/mol. The molecule has 0 atom stereocenters. The summed E-state index contributed by atoms with van der Waals surface area (Å²) in [7, 11) is 4.53. The van der Waals surface area contributed by atoms with E-state index in [9.17, 15) is 14.9 Å². The van der Waals surface area contributed by atoms with Gasteiger partial charge in [0, 0.05) is 36.3 Å². The van der Waals surface area contributed by atoms with Gasteiger partial charge in [0.25, 0.3) is 11.2 Å². The summed E-state index contributed by atoms with van der Waals surface area (Å²) >= 11 is 13.1. The topological polar surface area (TPSA) is 109 Å². The summed E-state index contributed by atoms with van der Waals surface area (Å²) in [6.45, 7) is 1.75. The molecule has 2 aromatic carbocycles. The van der Waals surface area contributed by atoms with Crippen molar-refractivity contribution in [3.05, 3.63) is 78.7 Å². The van der Waals surface area contributed by atoms with Crippen molar-refractivity contribution in [2.75, 3.05) is 19.5 Å². The maximum absolute atomic E-state index is 13.4. The first-order chi connectivity index (χ1) is 16.7. The number of rotatable bonds is 6. The summed E-state index contributed by atoms with van der Waals surface area (Å²) in [5, 5.41) is 15.8. The number of aromatic nitrogens is 2. The molecule has 2 heterocycles. The summed E-state index contributed by atoms with van der Waals surface area (Å²) in [6, 6.07) is 9.60. The van der Waals surface area contributed by atoms with Crippen molar-refractivity contribution in [2.45, 2.75) is 6.92 Å². The van der Waals surface area contributed by atoms with Gasteiger partial charge in [-0.3, -0.25) is 14.9 Å². The van der Waals surface area contributed by atoms with E-state index in [-0.39, 0.29) is 21.3 Å². The normalized spacial score (nSPS) is 10.9. The minimum Gasteiger partial charge on any atom is -0.495 e. The molecule has 4 aromatic rings. The van der Waals surface area contributed by atoms with Crippen LogP contribution in [0.4, 0.5) is 17.2 Å². The number of methoxy groups -OCH3 is 2. The molecule has 0 bridgehead atoms. The molecule has 0 radical (unpaired) electrons. The molecule has 0 saturated carbocycles. The number of nitrogens with zero attached hydrogens (tertiary/aromatic N) is 3. The first kappa shape index (κ1) is 24.3. The van der Waals surface area contributed by atoms with Crippen molar-refractivity contribution < 1.29 is 14.4 Å². The predicted molar refractivity (Wildman–Crippen MR) is 137 cm³/mol. The highest BCUT2D eigenvalue weighted by Crippen LogP contribution is 2.46. The van der Waals surface area contributed by atoms with E-state index < -0.39 is 4.92 Å². The van der Waals surface area contributed by atoms with E-state index in [4.69, 9.17) is 32.7 Å². The second-order valence-corrected chi connectivity index (χ2v) is 8.44. The number of nitro groups is 1. The molecule has 0 aliphatic rings. The van der Waals surface area contributed by atoms with Crippen LogP contribution in [-0.2, 0) is 7.05 Å². The van der Waals surface area contributed by atoms with Crippen molar-refractivity contribution in [1.82, 2.24) is 9.55 Å². The number of para-hydroxylation sites is 1. The molecular formula is C24H20Cl2N4O5. The minimum absolute atomic E-state index is 0.0913. The number of nitrogens with one attached hydrogen (secondary N) is 1. The molecule has 0 spiro atoms. The van der Waals surface area contributed by atoms with Crippen molar-refractivity contribution >= 4 is 51.2 Å². The Hall–Kier alpha value is -3.82. The van der Waals surface area contributed by atoms with Crippen molar-refractivity contribution in [3.63, 3.8) is 0 Å². The number of hydrogen-bond donors (Lipinski definition) is 1. The van der Waals surface area contributed by atoms with Gasteiger partial charge in [-0.25, -0.2) is 4.98 Å². The van der Waals surface area contributed by atoms with Gasteiger partial charge in [0.05, 0.1) is 40.3 Å². The molecule has 2 aromatic heterocycles. The molecule has 0 saturated heterocycles. The fourth-order valence-electron chi connectivity index (χ4n) is 3.81. The second-order valence-electron chi connectivity index (χ2n) is 7.69. The Labute approximate surface area is 210 Å². The summed E-state index contributed by atoms with van der Waals surface area (Å²) in [4.78, 5) is 28.7. The molecule has 0 aliphatic heterocycles. The van der Waals surface area contributed by atoms with Crippen LogP contribution in [-0.4, -0.2) is 28.7 Å². The van der Waals surface area contributed by atoms with Crippen LogP contribution < -0.4 is 20.3 Å². The van der Waals surface area contributed by atoms with Crippen LogP contribution in [0.1, 0.15) is 5.56 Å². The van der Waals surface area contributed by atoms with Crippen molar-refractivity contribution in [2.24, 2.45) is 7.05 Å². The summed E-state index contributed by atoms with van der Waals surface area (Å²) in [5.74, 6) is 0.972. The number of nitro benzene ring substituents is 1. The third kappa shape index (κ3) is 4.24. The zero-order valence-electron chi connectivity index (χ0n) is 19.2. The Balaban J connectivity index is 1.88. The fraction of sp³-hybridized carbons (Fsp3) is 0.167. The van der Waals surface area contributed by atoms with Gasteiger partial charge >= 0.3 is 0 Å². The van der Waals surface area contributed by atoms with Gasteiger partial charge in [-0.1, -0.05) is 35.3 Å². The number of benzene rings is 2. The van der Waals surface area contributed by atoms with Crippen LogP contribution >= 0.6 is 23.2 Å². The molecule has 35 heavy (non-hydrogen) atoms. The quantitative estimate of drug-likeness (QED) is 0.252. The molecule has 4 rings (SSSR count). The van der Waals surface area contributed by atoms with Gasteiger partial charge in [-0.05, 0) is 24.6 Å².